The second-order valence-electron chi connectivity index (χ2n) is 7.75. The number of likely N-dealkylation sites (tertiary alicyclic amines) is 1. The van der Waals surface area contributed by atoms with E-state index in [0.717, 1.165) is 55.0 Å². The maximum atomic E-state index is 6.20. The monoisotopic (exact) mass is 407 g/mol. The molecule has 2 fully saturated rings. The number of benzene rings is 1. The minimum atomic E-state index is 0.355. The normalized spacial score (nSPS) is 23.7. The molecule has 2 heterocycles. The molecule has 0 spiro atoms. The number of rotatable bonds is 6. The van der Waals surface area contributed by atoms with E-state index in [0.29, 0.717) is 12.0 Å². The molecule has 2 saturated heterocycles. The first-order valence-corrected chi connectivity index (χ1v) is 10.8. The van der Waals surface area contributed by atoms with Gasteiger partial charge in [-0.2, -0.15) is 0 Å². The van der Waals surface area contributed by atoms with Crippen LogP contribution in [0.1, 0.15) is 26.2 Å². The van der Waals surface area contributed by atoms with Crippen LogP contribution in [-0.4, -0.2) is 70.3 Å². The molecule has 0 aromatic heterocycles. The van der Waals surface area contributed by atoms with Crippen molar-refractivity contribution in [2.24, 2.45) is 10.9 Å². The standard InChI is InChI=1S/C21H34ClN5O/c1-4-26-10-5-6-16(14-26)13-24-21(23-2)25-18-9-11-27(15-18)19-12-17(22)7-8-20(19)28-3/h7-8,12,16,18H,4-6,9-11,13-15H2,1-3H3,(H2,23,24,25). The van der Waals surface area contributed by atoms with Gasteiger partial charge in [0.05, 0.1) is 12.8 Å². The quantitative estimate of drug-likeness (QED) is 0.561. The number of guanidine groups is 1. The molecule has 6 nitrogen and oxygen atoms in total. The van der Waals surface area contributed by atoms with Crippen LogP contribution in [0.4, 0.5) is 5.69 Å². The number of hydrogen-bond acceptors (Lipinski definition) is 4. The number of hydrogen-bond donors (Lipinski definition) is 2. The van der Waals surface area contributed by atoms with E-state index in [-0.39, 0.29) is 0 Å². The van der Waals surface area contributed by atoms with E-state index in [1.807, 2.05) is 25.2 Å². The fraction of sp³-hybridized carbons (Fsp3) is 0.667. The first-order chi connectivity index (χ1) is 13.6. The number of piperidine rings is 1. The molecule has 2 aliphatic rings. The van der Waals surface area contributed by atoms with Gasteiger partial charge in [-0.05, 0) is 56.5 Å². The second kappa shape index (κ2) is 10.2. The lowest BCUT2D eigenvalue weighted by atomic mass is 9.98. The van der Waals surface area contributed by atoms with Gasteiger partial charge in [-0.1, -0.05) is 18.5 Å². The first-order valence-electron chi connectivity index (χ1n) is 10.4. The highest BCUT2D eigenvalue weighted by Gasteiger charge is 2.26. The van der Waals surface area contributed by atoms with Crippen LogP contribution >= 0.6 is 11.6 Å². The molecule has 3 rings (SSSR count). The molecule has 0 saturated carbocycles. The second-order valence-corrected chi connectivity index (χ2v) is 8.18. The van der Waals surface area contributed by atoms with Crippen molar-refractivity contribution in [1.29, 1.82) is 0 Å². The Morgan fingerprint density at radius 2 is 2.14 bits per heavy atom. The summed E-state index contributed by atoms with van der Waals surface area (Å²) in [6, 6.07) is 6.14. The topological polar surface area (TPSA) is 52.1 Å². The zero-order valence-corrected chi connectivity index (χ0v) is 18.1. The minimum Gasteiger partial charge on any atom is -0.495 e. The molecule has 0 aliphatic carbocycles. The summed E-state index contributed by atoms with van der Waals surface area (Å²) < 4.78 is 5.51. The molecule has 2 N–H and O–H groups in total. The molecular weight excluding hydrogens is 374 g/mol. The molecule has 1 aromatic rings. The summed E-state index contributed by atoms with van der Waals surface area (Å²) in [7, 11) is 3.55. The number of anilines is 1. The molecule has 0 radical (unpaired) electrons. The SMILES string of the molecule is CCN1CCCC(CNC(=NC)NC2CCN(c3cc(Cl)ccc3OC)C2)C1. The van der Waals surface area contributed by atoms with Crippen molar-refractivity contribution < 1.29 is 4.74 Å². The summed E-state index contributed by atoms with van der Waals surface area (Å²) in [5.41, 5.74) is 1.06. The van der Waals surface area contributed by atoms with Crippen molar-refractivity contribution in [2.75, 3.05) is 58.3 Å². The Morgan fingerprint density at radius 3 is 2.89 bits per heavy atom. The highest BCUT2D eigenvalue weighted by Crippen LogP contribution is 2.33. The van der Waals surface area contributed by atoms with Gasteiger partial charge in [-0.3, -0.25) is 4.99 Å². The van der Waals surface area contributed by atoms with Crippen molar-refractivity contribution in [3.05, 3.63) is 23.2 Å². The lowest BCUT2D eigenvalue weighted by molar-refractivity contribution is 0.183. The maximum absolute atomic E-state index is 6.20. The number of methoxy groups -OCH3 is 1. The van der Waals surface area contributed by atoms with Crippen LogP contribution < -0.4 is 20.3 Å². The fourth-order valence-corrected chi connectivity index (χ4v) is 4.41. The number of nitrogens with zero attached hydrogens (tertiary/aromatic N) is 3. The Labute approximate surface area is 174 Å². The Kier molecular flexibility index (Phi) is 7.68. The van der Waals surface area contributed by atoms with Gasteiger partial charge in [-0.25, -0.2) is 0 Å². The van der Waals surface area contributed by atoms with Gasteiger partial charge in [0.25, 0.3) is 0 Å². The van der Waals surface area contributed by atoms with E-state index < -0.39 is 0 Å². The molecule has 2 atom stereocenters. The number of halogens is 1. The number of aliphatic imine (C=N–C) groups is 1. The fourth-order valence-electron chi connectivity index (χ4n) is 4.24. The number of ether oxygens (including phenoxy) is 1. The van der Waals surface area contributed by atoms with E-state index in [4.69, 9.17) is 16.3 Å². The van der Waals surface area contributed by atoms with Crippen LogP contribution in [-0.2, 0) is 0 Å². The Bertz CT molecular complexity index is 668. The third kappa shape index (κ3) is 5.45. The molecule has 0 amide bonds. The van der Waals surface area contributed by atoms with Crippen LogP contribution in [0.5, 0.6) is 5.75 Å². The Hall–Kier alpha value is -1.66. The van der Waals surface area contributed by atoms with Gasteiger partial charge in [0.1, 0.15) is 5.75 Å². The lowest BCUT2D eigenvalue weighted by Gasteiger charge is -2.32. The van der Waals surface area contributed by atoms with E-state index in [1.54, 1.807) is 7.11 Å². The maximum Gasteiger partial charge on any atom is 0.191 e. The van der Waals surface area contributed by atoms with Gasteiger partial charge in [0.15, 0.2) is 5.96 Å². The predicted molar refractivity (Wildman–Crippen MR) is 118 cm³/mol. The molecule has 28 heavy (non-hydrogen) atoms. The summed E-state index contributed by atoms with van der Waals surface area (Å²) in [6.45, 7) is 8.68. The third-order valence-electron chi connectivity index (χ3n) is 5.84. The summed E-state index contributed by atoms with van der Waals surface area (Å²) in [6.07, 6.45) is 3.65. The van der Waals surface area contributed by atoms with Gasteiger partial charge >= 0.3 is 0 Å². The van der Waals surface area contributed by atoms with Gasteiger partial charge in [0, 0.05) is 44.3 Å². The zero-order chi connectivity index (χ0) is 19.9. The average Bonchev–Trinajstić information content (AvgIpc) is 3.19. The molecule has 7 heteroatoms. The van der Waals surface area contributed by atoms with Crippen molar-refractivity contribution in [2.45, 2.75) is 32.2 Å². The minimum absolute atomic E-state index is 0.355. The summed E-state index contributed by atoms with van der Waals surface area (Å²) >= 11 is 6.20. The summed E-state index contributed by atoms with van der Waals surface area (Å²) in [5.74, 6) is 2.46. The molecule has 2 unspecified atom stereocenters. The zero-order valence-electron chi connectivity index (χ0n) is 17.4. The van der Waals surface area contributed by atoms with Gasteiger partial charge < -0.3 is 25.2 Å². The van der Waals surface area contributed by atoms with Crippen molar-refractivity contribution >= 4 is 23.2 Å². The molecular formula is C21H34ClN5O. The van der Waals surface area contributed by atoms with Gasteiger partial charge in [0.2, 0.25) is 0 Å². The van der Waals surface area contributed by atoms with Crippen molar-refractivity contribution in [3.63, 3.8) is 0 Å². The van der Waals surface area contributed by atoms with Crippen LogP contribution in [0.15, 0.2) is 23.2 Å². The van der Waals surface area contributed by atoms with E-state index >= 15 is 0 Å². The van der Waals surface area contributed by atoms with Crippen LogP contribution in [0.3, 0.4) is 0 Å². The lowest BCUT2D eigenvalue weighted by Crippen LogP contribution is -2.47. The third-order valence-corrected chi connectivity index (χ3v) is 6.08. The van der Waals surface area contributed by atoms with E-state index in [9.17, 15) is 0 Å². The Balaban J connectivity index is 1.50. The molecule has 2 aliphatic heterocycles. The summed E-state index contributed by atoms with van der Waals surface area (Å²) in [4.78, 5) is 9.31. The van der Waals surface area contributed by atoms with Crippen LogP contribution in [0, 0.1) is 5.92 Å². The van der Waals surface area contributed by atoms with Crippen molar-refractivity contribution in [3.8, 4) is 5.75 Å². The van der Waals surface area contributed by atoms with Crippen LogP contribution in [0.2, 0.25) is 5.02 Å². The molecule has 156 valence electrons. The number of nitrogens with one attached hydrogen (secondary N) is 2. The van der Waals surface area contributed by atoms with E-state index in [1.165, 1.54) is 25.9 Å². The summed E-state index contributed by atoms with van der Waals surface area (Å²) in [5, 5.41) is 7.87. The highest BCUT2D eigenvalue weighted by molar-refractivity contribution is 6.30. The van der Waals surface area contributed by atoms with Crippen molar-refractivity contribution in [1.82, 2.24) is 15.5 Å². The van der Waals surface area contributed by atoms with E-state index in [2.05, 4.69) is 32.3 Å². The largest absolute Gasteiger partial charge is 0.495 e. The predicted octanol–water partition coefficient (Wildman–Crippen LogP) is 2.82. The van der Waals surface area contributed by atoms with Gasteiger partial charge in [-0.15, -0.1) is 0 Å². The molecule has 1 aromatic carbocycles. The highest BCUT2D eigenvalue weighted by atomic mass is 35.5. The molecule has 0 bridgehead atoms. The first kappa shape index (κ1) is 21.1. The van der Waals surface area contributed by atoms with Crippen LogP contribution in [0.25, 0.3) is 0 Å². The average molecular weight is 408 g/mol. The smallest absolute Gasteiger partial charge is 0.191 e. The Morgan fingerprint density at radius 1 is 1.29 bits per heavy atom.